The molecule has 0 aromatic heterocycles. The number of carbonyl (C=O) groups excluding carboxylic acids is 2. The standard InChI is InChI=1S/C18H24O5/c19-13-22-17-12-6-5-11-16(17)18(21)23-15-9-3-1-7-14(20)8-2-4-10-15/h5-6,11-12,15,19H,1-4,7-10,13H2. The summed E-state index contributed by atoms with van der Waals surface area (Å²) in [5, 5.41) is 8.89. The van der Waals surface area contributed by atoms with Gasteiger partial charge in [-0.2, -0.15) is 0 Å². The van der Waals surface area contributed by atoms with Gasteiger partial charge in [0.2, 0.25) is 0 Å². The molecule has 0 bridgehead atoms. The van der Waals surface area contributed by atoms with Crippen LogP contribution >= 0.6 is 0 Å². The van der Waals surface area contributed by atoms with Crippen molar-refractivity contribution >= 4 is 11.8 Å². The Balaban J connectivity index is 1.96. The Morgan fingerprint density at radius 2 is 1.74 bits per heavy atom. The Labute approximate surface area is 136 Å². The van der Waals surface area contributed by atoms with Gasteiger partial charge in [0.25, 0.3) is 0 Å². The molecule has 0 atom stereocenters. The first-order chi connectivity index (χ1) is 11.2. The topological polar surface area (TPSA) is 72.8 Å². The van der Waals surface area contributed by atoms with Gasteiger partial charge in [0.1, 0.15) is 23.2 Å². The van der Waals surface area contributed by atoms with E-state index in [1.165, 1.54) is 0 Å². The molecule has 0 spiro atoms. The van der Waals surface area contributed by atoms with Crippen LogP contribution in [0.4, 0.5) is 0 Å². The lowest BCUT2D eigenvalue weighted by Crippen LogP contribution is -2.20. The number of hydrogen-bond donors (Lipinski definition) is 1. The smallest absolute Gasteiger partial charge is 0.342 e. The molecule has 0 unspecified atom stereocenters. The van der Waals surface area contributed by atoms with E-state index in [4.69, 9.17) is 14.6 Å². The van der Waals surface area contributed by atoms with Crippen LogP contribution in [0.1, 0.15) is 61.7 Å². The number of ether oxygens (including phenoxy) is 2. The van der Waals surface area contributed by atoms with Crippen molar-refractivity contribution in [1.82, 2.24) is 0 Å². The lowest BCUT2D eigenvalue weighted by molar-refractivity contribution is -0.119. The highest BCUT2D eigenvalue weighted by Gasteiger charge is 2.20. The number of aliphatic hydroxyl groups excluding tert-OH is 1. The van der Waals surface area contributed by atoms with Crippen LogP contribution in [0.5, 0.6) is 5.75 Å². The zero-order valence-electron chi connectivity index (χ0n) is 13.3. The maximum atomic E-state index is 12.4. The zero-order chi connectivity index (χ0) is 16.5. The molecule has 0 saturated heterocycles. The number of hydrogen-bond acceptors (Lipinski definition) is 5. The van der Waals surface area contributed by atoms with Gasteiger partial charge in [0.05, 0.1) is 0 Å². The Kier molecular flexibility index (Phi) is 7.07. The molecule has 1 aromatic rings. The predicted octanol–water partition coefficient (Wildman–Crippen LogP) is 3.24. The first-order valence-corrected chi connectivity index (χ1v) is 8.26. The van der Waals surface area contributed by atoms with Crippen LogP contribution < -0.4 is 4.74 Å². The first kappa shape index (κ1) is 17.5. The number of ketones is 1. The van der Waals surface area contributed by atoms with Gasteiger partial charge in [-0.1, -0.05) is 12.1 Å². The van der Waals surface area contributed by atoms with Gasteiger partial charge in [-0.25, -0.2) is 4.79 Å². The predicted molar refractivity (Wildman–Crippen MR) is 85.3 cm³/mol. The fourth-order valence-electron chi connectivity index (χ4n) is 2.82. The Morgan fingerprint density at radius 3 is 2.39 bits per heavy atom. The second kappa shape index (κ2) is 9.30. The maximum Gasteiger partial charge on any atom is 0.342 e. The lowest BCUT2D eigenvalue weighted by Gasteiger charge is -2.19. The minimum atomic E-state index is -0.484. The molecule has 0 radical (unpaired) electrons. The van der Waals surface area contributed by atoms with Crippen LogP contribution in [0.3, 0.4) is 0 Å². The van der Waals surface area contributed by atoms with Gasteiger partial charge >= 0.3 is 5.97 Å². The van der Waals surface area contributed by atoms with Gasteiger partial charge in [0.15, 0.2) is 6.79 Å². The lowest BCUT2D eigenvalue weighted by atomic mass is 9.98. The summed E-state index contributed by atoms with van der Waals surface area (Å²) >= 11 is 0. The fourth-order valence-corrected chi connectivity index (χ4v) is 2.82. The van der Waals surface area contributed by atoms with E-state index in [9.17, 15) is 9.59 Å². The third-order valence-corrected chi connectivity index (χ3v) is 4.06. The van der Waals surface area contributed by atoms with E-state index < -0.39 is 12.8 Å². The highest BCUT2D eigenvalue weighted by atomic mass is 16.6. The minimum absolute atomic E-state index is 0.127. The van der Waals surface area contributed by atoms with E-state index in [-0.39, 0.29) is 6.10 Å². The summed E-state index contributed by atoms with van der Waals surface area (Å²) in [5.74, 6) is 0.244. The van der Waals surface area contributed by atoms with Gasteiger partial charge < -0.3 is 14.6 Å². The average Bonchev–Trinajstić information content (AvgIpc) is 2.56. The number of esters is 1. The molecule has 0 heterocycles. The summed E-state index contributed by atoms with van der Waals surface area (Å²) in [5.41, 5.74) is 0.328. The van der Waals surface area contributed by atoms with Crippen molar-refractivity contribution in [1.29, 1.82) is 0 Å². The highest BCUT2D eigenvalue weighted by molar-refractivity contribution is 5.92. The van der Waals surface area contributed by atoms with E-state index >= 15 is 0 Å². The van der Waals surface area contributed by atoms with Crippen molar-refractivity contribution in [2.75, 3.05) is 6.79 Å². The van der Waals surface area contributed by atoms with E-state index in [0.29, 0.717) is 29.9 Å². The number of rotatable bonds is 4. The molecule has 1 aromatic carbocycles. The summed E-state index contributed by atoms with van der Waals surface area (Å²) in [7, 11) is 0. The van der Waals surface area contributed by atoms with Crippen LogP contribution in [-0.4, -0.2) is 29.8 Å². The Hall–Kier alpha value is -1.88. The molecular formula is C18H24O5. The molecule has 2 rings (SSSR count). The van der Waals surface area contributed by atoms with Crippen LogP contribution in [0, 0.1) is 0 Å². The molecular weight excluding hydrogens is 296 g/mol. The molecule has 1 aliphatic rings. The molecule has 1 N–H and O–H groups in total. The Morgan fingerprint density at radius 1 is 1.09 bits per heavy atom. The number of Topliss-reactive ketones (excluding diaryl/α,β-unsaturated/α-hetero) is 1. The van der Waals surface area contributed by atoms with Crippen LogP contribution in [-0.2, 0) is 9.53 Å². The minimum Gasteiger partial charge on any atom is -0.467 e. The summed E-state index contributed by atoms with van der Waals surface area (Å²) in [6, 6.07) is 6.74. The third-order valence-electron chi connectivity index (χ3n) is 4.06. The molecule has 1 aliphatic carbocycles. The highest BCUT2D eigenvalue weighted by Crippen LogP contribution is 2.23. The average molecular weight is 320 g/mol. The van der Waals surface area contributed by atoms with Crippen LogP contribution in [0.2, 0.25) is 0 Å². The summed E-state index contributed by atoms with van der Waals surface area (Å²) < 4.78 is 10.7. The van der Waals surface area contributed by atoms with Gasteiger partial charge in [0, 0.05) is 12.8 Å². The summed E-state index contributed by atoms with van der Waals surface area (Å²) in [6.07, 6.45) is 6.19. The number of carbonyl (C=O) groups is 2. The van der Waals surface area contributed by atoms with Crippen molar-refractivity contribution in [3.63, 3.8) is 0 Å². The molecule has 5 heteroatoms. The zero-order valence-corrected chi connectivity index (χ0v) is 13.3. The van der Waals surface area contributed by atoms with Crippen LogP contribution in [0.25, 0.3) is 0 Å². The third kappa shape index (κ3) is 5.67. The van der Waals surface area contributed by atoms with Crippen molar-refractivity contribution in [3.05, 3.63) is 29.8 Å². The summed E-state index contributed by atoms with van der Waals surface area (Å²) in [4.78, 5) is 23.9. The second-order valence-corrected chi connectivity index (χ2v) is 5.83. The van der Waals surface area contributed by atoms with Gasteiger partial charge in [-0.05, 0) is 50.7 Å². The van der Waals surface area contributed by atoms with E-state index in [1.807, 2.05) is 0 Å². The quantitative estimate of drug-likeness (QED) is 0.681. The number of benzene rings is 1. The van der Waals surface area contributed by atoms with E-state index in [1.54, 1.807) is 24.3 Å². The second-order valence-electron chi connectivity index (χ2n) is 5.83. The first-order valence-electron chi connectivity index (χ1n) is 8.26. The monoisotopic (exact) mass is 320 g/mol. The van der Waals surface area contributed by atoms with Gasteiger partial charge in [-0.3, -0.25) is 4.79 Å². The fraction of sp³-hybridized carbons (Fsp3) is 0.556. The molecule has 0 amide bonds. The number of para-hydroxylation sites is 1. The van der Waals surface area contributed by atoms with Crippen molar-refractivity contribution in [2.45, 2.75) is 57.5 Å². The molecule has 0 aliphatic heterocycles. The molecule has 1 saturated carbocycles. The van der Waals surface area contributed by atoms with Crippen molar-refractivity contribution in [3.8, 4) is 5.75 Å². The largest absolute Gasteiger partial charge is 0.467 e. The molecule has 23 heavy (non-hydrogen) atoms. The van der Waals surface area contributed by atoms with E-state index in [0.717, 1.165) is 38.5 Å². The number of aliphatic hydroxyl groups is 1. The van der Waals surface area contributed by atoms with Crippen LogP contribution in [0.15, 0.2) is 24.3 Å². The molecule has 1 fully saturated rings. The van der Waals surface area contributed by atoms with Crippen molar-refractivity contribution in [2.24, 2.45) is 0 Å². The molecule has 5 nitrogen and oxygen atoms in total. The Bertz CT molecular complexity index is 512. The van der Waals surface area contributed by atoms with Gasteiger partial charge in [-0.15, -0.1) is 0 Å². The SMILES string of the molecule is O=C1CCCCC(OC(=O)c2ccccc2OCO)CCCC1. The normalized spacial score (nSPS) is 17.5. The van der Waals surface area contributed by atoms with Crippen molar-refractivity contribution < 1.29 is 24.2 Å². The molecule has 126 valence electrons. The maximum absolute atomic E-state index is 12.4. The summed E-state index contributed by atoms with van der Waals surface area (Å²) in [6.45, 7) is -0.484. The van der Waals surface area contributed by atoms with E-state index in [2.05, 4.69) is 0 Å².